The minimum Gasteiger partial charge on any atom is -0.394 e. The minimum absolute atomic E-state index is 0.0842. The first-order chi connectivity index (χ1) is 10.4. The lowest BCUT2D eigenvalue weighted by Gasteiger charge is -2.41. The van der Waals surface area contributed by atoms with E-state index in [2.05, 4.69) is 0 Å². The summed E-state index contributed by atoms with van der Waals surface area (Å²) in [7, 11) is 0. The molecule has 2 N–H and O–H groups in total. The Hall–Kier alpha value is -1.23. The van der Waals surface area contributed by atoms with E-state index < -0.39 is 22.7 Å². The molecule has 1 fully saturated rings. The van der Waals surface area contributed by atoms with Gasteiger partial charge in [-0.05, 0) is 35.9 Å². The van der Waals surface area contributed by atoms with Crippen molar-refractivity contribution in [3.8, 4) is 0 Å². The van der Waals surface area contributed by atoms with Gasteiger partial charge in [0.1, 0.15) is 5.78 Å². The molecule has 1 saturated carbocycles. The van der Waals surface area contributed by atoms with Crippen LogP contribution in [0.1, 0.15) is 37.7 Å². The maximum absolute atomic E-state index is 12.7. The summed E-state index contributed by atoms with van der Waals surface area (Å²) in [5.41, 5.74) is -0.134. The summed E-state index contributed by atoms with van der Waals surface area (Å²) in [6.07, 6.45) is 0.310. The van der Waals surface area contributed by atoms with Crippen LogP contribution in [0.15, 0.2) is 30.3 Å². The van der Waals surface area contributed by atoms with Crippen molar-refractivity contribution in [2.45, 2.75) is 38.2 Å². The third-order valence-corrected chi connectivity index (χ3v) is 5.07. The molecule has 1 aromatic rings. The topological polar surface area (TPSA) is 74.6 Å². The van der Waals surface area contributed by atoms with Crippen LogP contribution in [0, 0.1) is 11.3 Å². The number of hydrogen-bond acceptors (Lipinski definition) is 4. The van der Waals surface area contributed by atoms with E-state index in [0.29, 0.717) is 12.8 Å². The molecule has 1 aliphatic rings. The van der Waals surface area contributed by atoms with Crippen LogP contribution >= 0.6 is 11.6 Å². The number of rotatable bonds is 5. The van der Waals surface area contributed by atoms with Gasteiger partial charge in [0.05, 0.1) is 18.6 Å². The Morgan fingerprint density at radius 2 is 2.05 bits per heavy atom. The molecule has 0 aromatic heterocycles. The fourth-order valence-electron chi connectivity index (χ4n) is 3.38. The average molecular weight is 325 g/mol. The molecule has 5 heteroatoms. The van der Waals surface area contributed by atoms with Crippen molar-refractivity contribution in [2.24, 2.45) is 11.3 Å². The van der Waals surface area contributed by atoms with E-state index in [9.17, 15) is 14.7 Å². The predicted molar refractivity (Wildman–Crippen MR) is 83.6 cm³/mol. The van der Waals surface area contributed by atoms with Gasteiger partial charge in [-0.3, -0.25) is 9.59 Å². The van der Waals surface area contributed by atoms with Gasteiger partial charge < -0.3 is 10.2 Å². The Morgan fingerprint density at radius 3 is 2.55 bits per heavy atom. The van der Waals surface area contributed by atoms with E-state index in [1.54, 1.807) is 19.1 Å². The van der Waals surface area contributed by atoms with Gasteiger partial charge in [0, 0.05) is 11.8 Å². The van der Waals surface area contributed by atoms with Gasteiger partial charge in [0.25, 0.3) is 0 Å². The van der Waals surface area contributed by atoms with Crippen molar-refractivity contribution < 1.29 is 19.8 Å². The van der Waals surface area contributed by atoms with Gasteiger partial charge in [-0.2, -0.15) is 0 Å². The van der Waals surface area contributed by atoms with Gasteiger partial charge >= 0.3 is 0 Å². The highest BCUT2D eigenvalue weighted by Gasteiger charge is 2.48. The zero-order valence-corrected chi connectivity index (χ0v) is 13.3. The zero-order valence-electron chi connectivity index (χ0n) is 12.5. The maximum atomic E-state index is 12.7. The molecule has 0 spiro atoms. The van der Waals surface area contributed by atoms with Gasteiger partial charge in [0.2, 0.25) is 5.24 Å². The molecule has 120 valence electrons. The van der Waals surface area contributed by atoms with Gasteiger partial charge in [0.15, 0.2) is 0 Å². The lowest BCUT2D eigenvalue weighted by Crippen LogP contribution is -2.44. The van der Waals surface area contributed by atoms with Crippen LogP contribution in [0.2, 0.25) is 0 Å². The molecule has 0 radical (unpaired) electrons. The molecule has 0 bridgehead atoms. The third kappa shape index (κ3) is 3.24. The fraction of sp³-hybridized carbons (Fsp3) is 0.529. The van der Waals surface area contributed by atoms with Crippen molar-refractivity contribution in [3.63, 3.8) is 0 Å². The highest BCUT2D eigenvalue weighted by molar-refractivity contribution is 6.65. The first-order valence-corrected chi connectivity index (χ1v) is 7.84. The summed E-state index contributed by atoms with van der Waals surface area (Å²) in [5, 5.41) is 18.2. The molecule has 0 aliphatic heterocycles. The van der Waals surface area contributed by atoms with Gasteiger partial charge in [-0.1, -0.05) is 37.3 Å². The van der Waals surface area contributed by atoms with Crippen LogP contribution in [-0.2, 0) is 9.59 Å². The first kappa shape index (κ1) is 17.1. The number of ketones is 1. The molecule has 22 heavy (non-hydrogen) atoms. The van der Waals surface area contributed by atoms with Crippen LogP contribution in [-0.4, -0.2) is 33.9 Å². The molecule has 2 rings (SSSR count). The molecule has 0 saturated heterocycles. The van der Waals surface area contributed by atoms with E-state index in [1.807, 2.05) is 18.2 Å². The Balaban J connectivity index is 2.29. The lowest BCUT2D eigenvalue weighted by molar-refractivity contribution is -0.139. The van der Waals surface area contributed by atoms with Crippen molar-refractivity contribution in [1.82, 2.24) is 0 Å². The average Bonchev–Trinajstić information content (AvgIpc) is 2.50. The predicted octanol–water partition coefficient (Wildman–Crippen LogP) is 2.26. The number of carbonyl (C=O) groups excluding carboxylic acids is 2. The highest BCUT2D eigenvalue weighted by Crippen LogP contribution is 2.47. The minimum atomic E-state index is -0.893. The van der Waals surface area contributed by atoms with Crippen molar-refractivity contribution in [1.29, 1.82) is 0 Å². The van der Waals surface area contributed by atoms with E-state index in [0.717, 1.165) is 5.56 Å². The molecule has 4 unspecified atom stereocenters. The highest BCUT2D eigenvalue weighted by atomic mass is 35.5. The fourth-order valence-corrected chi connectivity index (χ4v) is 3.74. The summed E-state index contributed by atoms with van der Waals surface area (Å²) in [5.74, 6) is -1.03. The van der Waals surface area contributed by atoms with Crippen LogP contribution in [0.5, 0.6) is 0 Å². The molecular weight excluding hydrogens is 304 g/mol. The normalized spacial score (nSPS) is 28.2. The Kier molecular flexibility index (Phi) is 5.37. The van der Waals surface area contributed by atoms with E-state index >= 15 is 0 Å². The van der Waals surface area contributed by atoms with Crippen LogP contribution < -0.4 is 0 Å². The van der Waals surface area contributed by atoms with Crippen molar-refractivity contribution in [2.75, 3.05) is 6.61 Å². The summed E-state index contributed by atoms with van der Waals surface area (Å²) >= 11 is 5.81. The standard InChI is InChI=1S/C17H21ClO4/c1-17(8-7-12(9-14(17)21)13(20)10-19)15(16(18)22)11-5-3-2-4-6-11/h2-6,12-13,15,19-20H,7-10H2,1H3. The first-order valence-electron chi connectivity index (χ1n) is 7.46. The smallest absolute Gasteiger partial charge is 0.230 e. The van der Waals surface area contributed by atoms with Crippen molar-refractivity contribution >= 4 is 22.6 Å². The van der Waals surface area contributed by atoms with Crippen LogP contribution in [0.4, 0.5) is 0 Å². The van der Waals surface area contributed by atoms with Gasteiger partial charge in [-0.15, -0.1) is 0 Å². The lowest BCUT2D eigenvalue weighted by atomic mass is 9.62. The van der Waals surface area contributed by atoms with E-state index in [1.165, 1.54) is 0 Å². The monoisotopic (exact) mass is 324 g/mol. The molecule has 0 amide bonds. The second-order valence-corrected chi connectivity index (χ2v) is 6.61. The van der Waals surface area contributed by atoms with Crippen LogP contribution in [0.3, 0.4) is 0 Å². The second kappa shape index (κ2) is 6.90. The van der Waals surface area contributed by atoms with E-state index in [4.69, 9.17) is 16.7 Å². The number of aliphatic hydroxyl groups excluding tert-OH is 2. The summed E-state index contributed by atoms with van der Waals surface area (Å²) in [4.78, 5) is 24.7. The molecule has 1 aliphatic carbocycles. The Morgan fingerprint density at radius 1 is 1.41 bits per heavy atom. The number of carbonyl (C=O) groups is 2. The Labute approximate surface area is 135 Å². The molecule has 1 aromatic carbocycles. The van der Waals surface area contributed by atoms with E-state index in [-0.39, 0.29) is 24.7 Å². The van der Waals surface area contributed by atoms with Crippen LogP contribution in [0.25, 0.3) is 0 Å². The third-order valence-electron chi connectivity index (χ3n) is 4.85. The van der Waals surface area contributed by atoms with Crippen molar-refractivity contribution in [3.05, 3.63) is 35.9 Å². The molecule has 0 heterocycles. The Bertz CT molecular complexity index is 545. The number of hydrogen-bond donors (Lipinski definition) is 2. The number of benzene rings is 1. The number of Topliss-reactive ketones (excluding diaryl/α,β-unsaturated/α-hetero) is 1. The molecule has 4 atom stereocenters. The summed E-state index contributed by atoms with van der Waals surface area (Å²) in [6.45, 7) is 1.42. The maximum Gasteiger partial charge on any atom is 0.230 e. The molecular formula is C17H21ClO4. The van der Waals surface area contributed by atoms with Gasteiger partial charge in [-0.25, -0.2) is 0 Å². The quantitative estimate of drug-likeness (QED) is 0.815. The number of halogens is 1. The second-order valence-electron chi connectivity index (χ2n) is 6.24. The largest absolute Gasteiger partial charge is 0.394 e. The summed E-state index contributed by atoms with van der Waals surface area (Å²) in [6, 6.07) is 9.09. The number of aliphatic hydroxyl groups is 2. The zero-order chi connectivity index (χ0) is 16.3. The summed E-state index contributed by atoms with van der Waals surface area (Å²) < 4.78 is 0. The molecule has 4 nitrogen and oxygen atoms in total. The SMILES string of the molecule is CC1(C(C(=O)Cl)c2ccccc2)CCC(C(O)CO)CC1=O.